The van der Waals surface area contributed by atoms with Crippen LogP contribution in [-0.2, 0) is 42.3 Å². The third-order valence-corrected chi connectivity index (χ3v) is 17.5. The Morgan fingerprint density at radius 3 is 1.49 bits per heavy atom. The molecule has 4 amide bonds. The van der Waals surface area contributed by atoms with E-state index in [1.54, 1.807) is 14.4 Å². The Morgan fingerprint density at radius 1 is 0.565 bits per heavy atom. The molecule has 4 unspecified atom stereocenters. The van der Waals surface area contributed by atoms with Crippen LogP contribution in [0.1, 0.15) is 120 Å². The molecule has 6 aliphatic rings. The molecular weight excluding hydrogens is 1100 g/mol. The summed E-state index contributed by atoms with van der Waals surface area (Å²) in [6, 6.07) is 35.7. The first-order chi connectivity index (χ1) is 41.2. The molecule has 7 aromatic rings. The molecule has 13 rings (SSSR count). The quantitative estimate of drug-likeness (QED) is 0.105. The summed E-state index contributed by atoms with van der Waals surface area (Å²) < 4.78 is 76.1. The van der Waals surface area contributed by atoms with Gasteiger partial charge in [-0.2, -0.15) is 0 Å². The number of carbonyl (C=O) groups is 4. The van der Waals surface area contributed by atoms with Crippen LogP contribution in [0.5, 0.6) is 11.5 Å². The van der Waals surface area contributed by atoms with E-state index in [1.165, 1.54) is 40.2 Å². The summed E-state index contributed by atoms with van der Waals surface area (Å²) in [6.45, 7) is 0.796. The molecule has 2 aromatic heterocycles. The maximum absolute atomic E-state index is 14.3. The van der Waals surface area contributed by atoms with Crippen LogP contribution in [0.3, 0.4) is 0 Å². The number of nitrogens with one attached hydrogen (secondary N) is 2. The number of rotatable bonds is 11. The largest absolute Gasteiger partial charge is 0.503 e. The lowest BCUT2D eigenvalue weighted by Gasteiger charge is -2.51. The molecule has 2 aliphatic carbocycles. The normalized spacial score (nSPS) is 22.9. The molecule has 4 fully saturated rings. The lowest BCUT2D eigenvalue weighted by molar-refractivity contribution is -0.151. The van der Waals surface area contributed by atoms with Gasteiger partial charge in [0.2, 0.25) is 10.9 Å². The number of pyridine rings is 2. The van der Waals surface area contributed by atoms with Gasteiger partial charge in [0.15, 0.2) is 35.3 Å². The third kappa shape index (κ3) is 11.3. The Morgan fingerprint density at radius 2 is 1.01 bits per heavy atom. The Bertz CT molecular complexity index is 3830. The van der Waals surface area contributed by atoms with E-state index in [9.17, 15) is 51.4 Å². The maximum Gasteiger partial charge on any atom is 0.276 e. The number of carbonyl (C=O) groups excluding carboxylic acids is 4. The summed E-state index contributed by atoms with van der Waals surface area (Å²) in [5.41, 5.74) is 0.949. The molecule has 20 heteroatoms. The molecule has 0 bridgehead atoms. The van der Waals surface area contributed by atoms with E-state index in [0.717, 1.165) is 62.3 Å². The highest BCUT2D eigenvalue weighted by molar-refractivity contribution is 6.00. The highest BCUT2D eigenvalue weighted by Gasteiger charge is 2.50. The Balaban J connectivity index is 0.000000169. The first kappa shape index (κ1) is 56.6. The molecule has 3 N–H and O–H groups in total. The summed E-state index contributed by atoms with van der Waals surface area (Å²) >= 11 is 0. The van der Waals surface area contributed by atoms with Crippen LogP contribution in [0.2, 0.25) is 0 Å². The molecule has 16 nitrogen and oxygen atoms in total. The van der Waals surface area contributed by atoms with E-state index in [2.05, 4.69) is 34.9 Å². The predicted octanol–water partition coefficient (Wildman–Crippen LogP) is 8.93. The zero-order valence-electron chi connectivity index (χ0n) is 46.0. The van der Waals surface area contributed by atoms with Gasteiger partial charge in [-0.05, 0) is 79.2 Å². The minimum Gasteiger partial charge on any atom is -0.503 e. The lowest BCUT2D eigenvalue weighted by Crippen LogP contribution is -2.62. The average molecular weight is 1160 g/mol. The maximum atomic E-state index is 14.3. The summed E-state index contributed by atoms with van der Waals surface area (Å²) in [5, 5.41) is 15.7. The molecule has 85 heavy (non-hydrogen) atoms. The van der Waals surface area contributed by atoms with Crippen LogP contribution >= 0.6 is 0 Å². The van der Waals surface area contributed by atoms with Crippen LogP contribution in [0, 0.1) is 35.1 Å². The molecule has 8 atom stereocenters. The fourth-order valence-corrected chi connectivity index (χ4v) is 13.2. The summed E-state index contributed by atoms with van der Waals surface area (Å²) in [5.74, 6) is -5.63. The van der Waals surface area contributed by atoms with Crippen molar-refractivity contribution in [1.82, 2.24) is 29.6 Å². The number of hydrogen-bond acceptors (Lipinski definition) is 10. The summed E-state index contributed by atoms with van der Waals surface area (Å²) in [6.07, 6.45) is 6.61. The molecule has 0 spiro atoms. The number of amides is 4. The number of nitrogens with zero attached hydrogens (tertiary/aromatic N) is 4. The van der Waals surface area contributed by atoms with Crippen molar-refractivity contribution in [3.05, 3.63) is 234 Å². The fourth-order valence-electron chi connectivity index (χ4n) is 13.2. The smallest absolute Gasteiger partial charge is 0.276 e. The van der Waals surface area contributed by atoms with E-state index >= 15 is 0 Å². The van der Waals surface area contributed by atoms with Crippen molar-refractivity contribution in [1.29, 1.82) is 0 Å². The van der Waals surface area contributed by atoms with E-state index < -0.39 is 75.6 Å². The minimum absolute atomic E-state index is 0.00691. The van der Waals surface area contributed by atoms with Gasteiger partial charge in [-0.3, -0.25) is 28.8 Å². The number of halogens is 4. The predicted molar refractivity (Wildman–Crippen MR) is 301 cm³/mol. The van der Waals surface area contributed by atoms with Gasteiger partial charge in [-0.1, -0.05) is 103 Å². The minimum atomic E-state index is -0.993. The topological polar surface area (TPSA) is 191 Å². The molecule has 6 heterocycles. The van der Waals surface area contributed by atoms with Crippen LogP contribution in [0.15, 0.2) is 149 Å². The third-order valence-electron chi connectivity index (χ3n) is 17.5. The van der Waals surface area contributed by atoms with Crippen molar-refractivity contribution in [2.24, 2.45) is 11.8 Å². The second-order valence-electron chi connectivity index (χ2n) is 22.5. The van der Waals surface area contributed by atoms with Gasteiger partial charge < -0.3 is 48.9 Å². The zero-order valence-corrected chi connectivity index (χ0v) is 46.0. The van der Waals surface area contributed by atoms with Gasteiger partial charge in [0.25, 0.3) is 23.6 Å². The molecule has 0 radical (unpaired) electrons. The number of fused-ring (bicyclic) bond motifs is 8. The van der Waals surface area contributed by atoms with Crippen molar-refractivity contribution in [3.63, 3.8) is 0 Å². The van der Waals surface area contributed by atoms with Crippen molar-refractivity contribution < 1.29 is 56.1 Å². The van der Waals surface area contributed by atoms with Crippen LogP contribution in [-0.4, -0.2) is 85.4 Å². The number of aromatic nitrogens is 2. The van der Waals surface area contributed by atoms with Crippen molar-refractivity contribution >= 4 is 23.6 Å². The van der Waals surface area contributed by atoms with Crippen LogP contribution < -0.4 is 26.2 Å². The average Bonchev–Trinajstić information content (AvgIpc) is 1.26. The first-order valence-electron chi connectivity index (χ1n) is 28.5. The molecule has 5 aromatic carbocycles. The molecule has 4 aliphatic heterocycles. The van der Waals surface area contributed by atoms with Gasteiger partial charge in [0.1, 0.15) is 41.0 Å². The Labute approximate surface area is 485 Å². The number of ether oxygens (including phenoxy) is 3. The fraction of sp³-hybridized carbons (Fsp3) is 0.323. The zero-order chi connectivity index (χ0) is 59.0. The van der Waals surface area contributed by atoms with Crippen molar-refractivity contribution in [3.8, 4) is 11.5 Å². The van der Waals surface area contributed by atoms with E-state index in [4.69, 9.17) is 14.2 Å². The monoisotopic (exact) mass is 1160 g/mol. The van der Waals surface area contributed by atoms with Gasteiger partial charge >= 0.3 is 0 Å². The molecule has 2 saturated carbocycles. The highest BCUT2D eigenvalue weighted by Crippen LogP contribution is 2.45. The van der Waals surface area contributed by atoms with Crippen LogP contribution in [0.4, 0.5) is 17.6 Å². The number of aromatic hydroxyl groups is 1. The van der Waals surface area contributed by atoms with E-state index in [1.807, 2.05) is 66.7 Å². The SMILES string of the molecule is O=C(NCc1ccc(F)cc1F)c1cn2c(c(O)c1=O)C(=O)N1[C@@H](C2)OC[C@@H]2C[C@@H](c3ccccc3)CC[C@@H]21.O=C(NCc1ccc(F)cc1F)c1cn2c(c(OCc3ccccc3)c1=O)C(=O)N1C(C2)OCC2CC(c3ccccc3)CCC21. The van der Waals surface area contributed by atoms with Gasteiger partial charge in [-0.25, -0.2) is 17.6 Å². The van der Waals surface area contributed by atoms with Crippen molar-refractivity contribution in [2.45, 2.75) is 108 Å². The first-order valence-corrected chi connectivity index (χ1v) is 28.5. The highest BCUT2D eigenvalue weighted by atomic mass is 19.1. The van der Waals surface area contributed by atoms with E-state index in [-0.39, 0.29) is 96.4 Å². The van der Waals surface area contributed by atoms with Gasteiger partial charge in [0, 0.05) is 72.7 Å². The van der Waals surface area contributed by atoms with Crippen molar-refractivity contribution in [2.75, 3.05) is 13.2 Å². The standard InChI is InChI=1S/C36H33F2N3O5.C29H27F2N3O5/c37-27-13-11-25(29(38)16-27)17-39-35(43)28-18-40-19-31-41(30-14-12-24(15-26(30)21-45-31)23-9-5-2-6-10-23)36(44)32(40)34(33(28)42)46-20-22-7-3-1-4-8-22;30-20-8-6-18(22(31)11-20)12-32-28(37)21-13-33-14-24-34(29(38)25(33)27(36)26(21)35)23-9-7-17(10-19(23)15-39-24)16-4-2-1-3-5-16/h1-11,13,16,18,24,26,30-31H,12,14-15,17,19-21H2,(H,39,43);1-6,8,11,13,17,19,23-24,36H,7,9-10,12,14-15H2,(H,32,37)/t;17-,19-,23-,24+/m.0/s1. The summed E-state index contributed by atoms with van der Waals surface area (Å²) in [7, 11) is 0. The molecular formula is C65H60F4N6O10. The van der Waals surface area contributed by atoms with Crippen LogP contribution in [0.25, 0.3) is 0 Å². The Kier molecular flexibility index (Phi) is 16.0. The molecule has 2 saturated heterocycles. The second-order valence-corrected chi connectivity index (χ2v) is 22.5. The molecule has 438 valence electrons. The van der Waals surface area contributed by atoms with E-state index in [0.29, 0.717) is 31.1 Å². The van der Waals surface area contributed by atoms with Gasteiger partial charge in [0.05, 0.1) is 26.3 Å². The second kappa shape index (κ2) is 24.0. The summed E-state index contributed by atoms with van der Waals surface area (Å²) in [4.78, 5) is 84.4. The van der Waals surface area contributed by atoms with Gasteiger partial charge in [-0.15, -0.1) is 0 Å². The Hall–Kier alpha value is -8.88. The number of hydrogen-bond donors (Lipinski definition) is 3. The number of benzene rings is 5. The lowest BCUT2D eigenvalue weighted by atomic mass is 9.74.